The molecule has 0 aromatic heterocycles. The monoisotopic (exact) mass is 300 g/mol. The molecule has 1 unspecified atom stereocenters. The Morgan fingerprint density at radius 3 is 2.68 bits per heavy atom. The van der Waals surface area contributed by atoms with Crippen LogP contribution in [0.2, 0.25) is 5.02 Å². The van der Waals surface area contributed by atoms with Crippen molar-refractivity contribution >= 4 is 29.9 Å². The summed E-state index contributed by atoms with van der Waals surface area (Å²) in [5.74, 6) is 0.462. The van der Waals surface area contributed by atoms with E-state index in [4.69, 9.17) is 11.6 Å². The molecular weight excluding hydrogens is 283 g/mol. The van der Waals surface area contributed by atoms with Gasteiger partial charge in [-0.2, -0.15) is 0 Å². The van der Waals surface area contributed by atoms with Gasteiger partial charge in [0.2, 0.25) is 5.91 Å². The predicted molar refractivity (Wildman–Crippen MR) is 78.7 cm³/mol. The molecule has 2 aliphatic heterocycles. The summed E-state index contributed by atoms with van der Waals surface area (Å²) in [6, 6.07) is 8.04. The van der Waals surface area contributed by atoms with E-state index in [0.717, 1.165) is 43.1 Å². The van der Waals surface area contributed by atoms with E-state index in [1.807, 2.05) is 29.2 Å². The second-order valence-electron chi connectivity index (χ2n) is 5.07. The Balaban J connectivity index is 0.00000133. The summed E-state index contributed by atoms with van der Waals surface area (Å²) in [6.07, 6.45) is 2.09. The number of rotatable bonds is 2. The molecule has 1 amide bonds. The van der Waals surface area contributed by atoms with Crippen molar-refractivity contribution in [1.29, 1.82) is 0 Å². The first-order valence-electron chi connectivity index (χ1n) is 6.53. The molecule has 3 nitrogen and oxygen atoms in total. The van der Waals surface area contributed by atoms with Crippen molar-refractivity contribution in [2.45, 2.75) is 18.9 Å². The minimum absolute atomic E-state index is 0. The molecule has 2 heterocycles. The van der Waals surface area contributed by atoms with Crippen LogP contribution in [0.15, 0.2) is 24.3 Å². The number of amides is 1. The molecule has 1 aromatic carbocycles. The first kappa shape index (κ1) is 14.6. The van der Waals surface area contributed by atoms with Gasteiger partial charge in [0, 0.05) is 24.7 Å². The number of benzene rings is 1. The molecule has 1 N–H and O–H groups in total. The Kier molecular flexibility index (Phi) is 4.71. The number of nitrogens with zero attached hydrogens (tertiary/aromatic N) is 1. The number of halogens is 2. The first-order valence-corrected chi connectivity index (χ1v) is 6.91. The van der Waals surface area contributed by atoms with Gasteiger partial charge in [-0.15, -0.1) is 12.4 Å². The molecule has 0 bridgehead atoms. The van der Waals surface area contributed by atoms with Gasteiger partial charge in [-0.05, 0) is 24.5 Å². The predicted octanol–water partition coefficient (Wildman–Crippen LogP) is 2.64. The van der Waals surface area contributed by atoms with E-state index in [2.05, 4.69) is 5.32 Å². The summed E-state index contributed by atoms with van der Waals surface area (Å²) >= 11 is 6.25. The molecule has 5 heteroatoms. The van der Waals surface area contributed by atoms with Crippen LogP contribution in [-0.4, -0.2) is 30.4 Å². The SMILES string of the molecule is Cl.O=C(C1CNC1)N1CCCC1c1ccccc1Cl. The van der Waals surface area contributed by atoms with E-state index >= 15 is 0 Å². The smallest absolute Gasteiger partial charge is 0.228 e. The van der Waals surface area contributed by atoms with Gasteiger partial charge in [0.25, 0.3) is 0 Å². The van der Waals surface area contributed by atoms with Crippen LogP contribution < -0.4 is 5.32 Å². The Morgan fingerprint density at radius 1 is 1.32 bits per heavy atom. The van der Waals surface area contributed by atoms with Crippen molar-refractivity contribution in [2.75, 3.05) is 19.6 Å². The van der Waals surface area contributed by atoms with E-state index < -0.39 is 0 Å². The summed E-state index contributed by atoms with van der Waals surface area (Å²) in [5.41, 5.74) is 1.09. The summed E-state index contributed by atoms with van der Waals surface area (Å²) in [7, 11) is 0. The lowest BCUT2D eigenvalue weighted by molar-refractivity contribution is -0.138. The van der Waals surface area contributed by atoms with E-state index in [0.29, 0.717) is 0 Å². The van der Waals surface area contributed by atoms with Gasteiger partial charge in [0.05, 0.1) is 12.0 Å². The van der Waals surface area contributed by atoms with Crippen LogP contribution in [0, 0.1) is 5.92 Å². The van der Waals surface area contributed by atoms with Gasteiger partial charge in [-0.1, -0.05) is 29.8 Å². The van der Waals surface area contributed by atoms with Crippen molar-refractivity contribution < 1.29 is 4.79 Å². The lowest BCUT2D eigenvalue weighted by Crippen LogP contribution is -2.51. The molecule has 0 spiro atoms. The highest BCUT2D eigenvalue weighted by atomic mass is 35.5. The zero-order chi connectivity index (χ0) is 12.5. The van der Waals surface area contributed by atoms with Gasteiger partial charge in [0.15, 0.2) is 0 Å². The average Bonchev–Trinajstić information content (AvgIpc) is 2.76. The lowest BCUT2D eigenvalue weighted by atomic mass is 9.99. The molecule has 0 aliphatic carbocycles. The molecule has 2 fully saturated rings. The maximum absolute atomic E-state index is 12.4. The zero-order valence-electron chi connectivity index (χ0n) is 10.6. The average molecular weight is 301 g/mol. The molecule has 0 saturated carbocycles. The highest BCUT2D eigenvalue weighted by molar-refractivity contribution is 6.31. The highest BCUT2D eigenvalue weighted by Gasteiger charge is 2.36. The summed E-state index contributed by atoms with van der Waals surface area (Å²) < 4.78 is 0. The number of likely N-dealkylation sites (tertiary alicyclic amines) is 1. The van der Waals surface area contributed by atoms with Crippen LogP contribution in [0.4, 0.5) is 0 Å². The second kappa shape index (κ2) is 6.12. The van der Waals surface area contributed by atoms with Gasteiger partial charge in [0.1, 0.15) is 0 Å². The standard InChI is InChI=1S/C14H17ClN2O.ClH/c15-12-5-2-1-4-11(12)13-6-3-7-17(13)14(18)10-8-16-9-10;/h1-2,4-5,10,13,16H,3,6-9H2;1H. The Bertz CT molecular complexity index is 463. The van der Waals surface area contributed by atoms with Crippen LogP contribution in [-0.2, 0) is 4.79 Å². The summed E-state index contributed by atoms with van der Waals surface area (Å²) in [5, 5.41) is 3.93. The highest BCUT2D eigenvalue weighted by Crippen LogP contribution is 2.36. The largest absolute Gasteiger partial charge is 0.335 e. The first-order chi connectivity index (χ1) is 8.77. The molecule has 104 valence electrons. The fraction of sp³-hybridized carbons (Fsp3) is 0.500. The van der Waals surface area contributed by atoms with Crippen LogP contribution in [0.1, 0.15) is 24.4 Å². The summed E-state index contributed by atoms with van der Waals surface area (Å²) in [6.45, 7) is 2.51. The van der Waals surface area contributed by atoms with E-state index in [1.165, 1.54) is 0 Å². The van der Waals surface area contributed by atoms with Crippen LogP contribution in [0.3, 0.4) is 0 Å². The topological polar surface area (TPSA) is 32.3 Å². The van der Waals surface area contributed by atoms with E-state index in [-0.39, 0.29) is 30.3 Å². The maximum Gasteiger partial charge on any atom is 0.228 e. The molecule has 0 radical (unpaired) electrons. The maximum atomic E-state index is 12.4. The lowest BCUT2D eigenvalue weighted by Gasteiger charge is -2.33. The minimum Gasteiger partial charge on any atom is -0.335 e. The molecule has 3 rings (SSSR count). The normalized spacial score (nSPS) is 22.8. The van der Waals surface area contributed by atoms with Crippen molar-refractivity contribution in [2.24, 2.45) is 5.92 Å². The fourth-order valence-electron chi connectivity index (χ4n) is 2.80. The Hall–Kier alpha value is -0.770. The molecule has 2 saturated heterocycles. The third kappa shape index (κ3) is 2.73. The van der Waals surface area contributed by atoms with Gasteiger partial charge in [-0.3, -0.25) is 4.79 Å². The third-order valence-corrected chi connectivity index (χ3v) is 4.28. The Morgan fingerprint density at radius 2 is 2.05 bits per heavy atom. The number of nitrogens with one attached hydrogen (secondary N) is 1. The van der Waals surface area contributed by atoms with Crippen molar-refractivity contribution in [3.05, 3.63) is 34.9 Å². The summed E-state index contributed by atoms with van der Waals surface area (Å²) in [4.78, 5) is 14.4. The van der Waals surface area contributed by atoms with Crippen LogP contribution in [0.5, 0.6) is 0 Å². The Labute approximate surface area is 124 Å². The van der Waals surface area contributed by atoms with E-state index in [1.54, 1.807) is 0 Å². The van der Waals surface area contributed by atoms with Crippen LogP contribution in [0.25, 0.3) is 0 Å². The van der Waals surface area contributed by atoms with Gasteiger partial charge < -0.3 is 10.2 Å². The second-order valence-corrected chi connectivity index (χ2v) is 5.47. The number of carbonyl (C=O) groups is 1. The van der Waals surface area contributed by atoms with E-state index in [9.17, 15) is 4.79 Å². The fourth-order valence-corrected chi connectivity index (χ4v) is 3.06. The van der Waals surface area contributed by atoms with Gasteiger partial charge in [-0.25, -0.2) is 0 Å². The van der Waals surface area contributed by atoms with Crippen molar-refractivity contribution in [3.8, 4) is 0 Å². The number of hydrogen-bond acceptors (Lipinski definition) is 2. The zero-order valence-corrected chi connectivity index (χ0v) is 12.2. The van der Waals surface area contributed by atoms with Gasteiger partial charge >= 0.3 is 0 Å². The molecular formula is C14H18Cl2N2O. The minimum atomic E-state index is 0. The molecule has 1 atom stereocenters. The molecule has 19 heavy (non-hydrogen) atoms. The van der Waals surface area contributed by atoms with Crippen LogP contribution >= 0.6 is 24.0 Å². The number of carbonyl (C=O) groups excluding carboxylic acids is 1. The quantitative estimate of drug-likeness (QED) is 0.911. The van der Waals surface area contributed by atoms with Crippen molar-refractivity contribution in [1.82, 2.24) is 10.2 Å². The number of hydrogen-bond donors (Lipinski definition) is 1. The molecule has 1 aromatic rings. The van der Waals surface area contributed by atoms with Crippen molar-refractivity contribution in [3.63, 3.8) is 0 Å². The third-order valence-electron chi connectivity index (χ3n) is 3.93. The molecule has 2 aliphatic rings.